The SMILES string of the molecule is c1ccc2c(c1)nc1c3ccccc3c3oc4ccc(-c5cc(-c6cccc7c6sc6cccnc67)cc(-c6cccc7c6sc6cccnc67)c5)cc4c3n21. The number of pyridine rings is 3. The minimum atomic E-state index is 0.848. The molecule has 0 radical (unpaired) electrons. The summed E-state index contributed by atoms with van der Waals surface area (Å²) in [4.78, 5) is 14.7. The molecule has 6 aromatic carbocycles. The van der Waals surface area contributed by atoms with Gasteiger partial charge in [0.2, 0.25) is 0 Å². The van der Waals surface area contributed by atoms with Crippen molar-refractivity contribution in [3.8, 4) is 33.4 Å². The lowest BCUT2D eigenvalue weighted by Gasteiger charge is -2.13. The van der Waals surface area contributed by atoms with Crippen LogP contribution in [0.1, 0.15) is 0 Å². The normalized spacial score (nSPS) is 12.3. The van der Waals surface area contributed by atoms with Crippen LogP contribution in [0.5, 0.6) is 0 Å². The molecule has 5 nitrogen and oxygen atoms in total. The average Bonchev–Trinajstić information content (AvgIpc) is 4.03. The summed E-state index contributed by atoms with van der Waals surface area (Å²) in [6.07, 6.45) is 3.78. The van der Waals surface area contributed by atoms with Crippen molar-refractivity contribution in [2.75, 3.05) is 0 Å². The van der Waals surface area contributed by atoms with E-state index in [9.17, 15) is 0 Å². The molecule has 0 bridgehead atoms. The van der Waals surface area contributed by atoms with Crippen LogP contribution in [-0.2, 0) is 0 Å². The second-order valence-corrected chi connectivity index (χ2v) is 16.5. The summed E-state index contributed by atoms with van der Waals surface area (Å²) in [6, 6.07) is 52.1. The molecule has 13 aromatic rings. The number of imidazole rings is 1. The molecule has 0 amide bonds. The molecule has 0 saturated heterocycles. The summed E-state index contributed by atoms with van der Waals surface area (Å²) >= 11 is 3.62. The van der Waals surface area contributed by atoms with Crippen molar-refractivity contribution in [2.24, 2.45) is 0 Å². The van der Waals surface area contributed by atoms with Crippen LogP contribution in [0.3, 0.4) is 0 Å². The monoisotopic (exact) mass is 750 g/mol. The Hall–Kier alpha value is -6.93. The van der Waals surface area contributed by atoms with E-state index >= 15 is 0 Å². The highest BCUT2D eigenvalue weighted by Gasteiger charge is 2.21. The lowest BCUT2D eigenvalue weighted by Crippen LogP contribution is -1.90. The number of fused-ring (bicyclic) bond motifs is 16. The Kier molecular flexibility index (Phi) is 6.14. The Balaban J connectivity index is 1.11. The molecule has 13 rings (SSSR count). The van der Waals surface area contributed by atoms with E-state index < -0.39 is 0 Å². The van der Waals surface area contributed by atoms with Crippen molar-refractivity contribution in [2.45, 2.75) is 0 Å². The van der Waals surface area contributed by atoms with Gasteiger partial charge in [-0.25, -0.2) is 4.98 Å². The van der Waals surface area contributed by atoms with Crippen LogP contribution in [0.15, 0.2) is 162 Å². The van der Waals surface area contributed by atoms with E-state index in [4.69, 9.17) is 19.4 Å². The fourth-order valence-electron chi connectivity index (χ4n) is 8.77. The van der Waals surface area contributed by atoms with Crippen LogP contribution in [0.25, 0.3) is 124 Å². The van der Waals surface area contributed by atoms with Crippen molar-refractivity contribution in [3.63, 3.8) is 0 Å². The predicted octanol–water partition coefficient (Wildman–Crippen LogP) is 14.1. The highest BCUT2D eigenvalue weighted by atomic mass is 32.1. The molecule has 0 N–H and O–H groups in total. The summed E-state index contributed by atoms with van der Waals surface area (Å²) in [5, 5.41) is 5.55. The van der Waals surface area contributed by atoms with Crippen LogP contribution in [-0.4, -0.2) is 19.4 Å². The summed E-state index contributed by atoms with van der Waals surface area (Å²) in [6.45, 7) is 0. The first-order chi connectivity index (χ1) is 27.7. The van der Waals surface area contributed by atoms with Gasteiger partial charge in [0, 0.05) is 48.7 Å². The van der Waals surface area contributed by atoms with Gasteiger partial charge in [-0.2, -0.15) is 0 Å². The first-order valence-electron chi connectivity index (χ1n) is 18.6. The molecular formula is C49H26N4OS2. The minimum Gasteiger partial charge on any atom is -0.454 e. The zero-order valence-electron chi connectivity index (χ0n) is 29.5. The number of hydrogen-bond donors (Lipinski definition) is 0. The average molecular weight is 751 g/mol. The third kappa shape index (κ3) is 4.21. The van der Waals surface area contributed by atoms with Gasteiger partial charge in [0.05, 0.1) is 31.5 Å². The third-order valence-electron chi connectivity index (χ3n) is 11.3. The van der Waals surface area contributed by atoms with Crippen molar-refractivity contribution in [1.29, 1.82) is 0 Å². The fraction of sp³-hybridized carbons (Fsp3) is 0. The lowest BCUT2D eigenvalue weighted by atomic mass is 9.92. The molecule has 0 aliphatic rings. The van der Waals surface area contributed by atoms with E-state index in [0.717, 1.165) is 82.8 Å². The Morgan fingerprint density at radius 2 is 1.11 bits per heavy atom. The van der Waals surface area contributed by atoms with E-state index in [0.29, 0.717) is 0 Å². The predicted molar refractivity (Wildman–Crippen MR) is 235 cm³/mol. The maximum absolute atomic E-state index is 6.77. The van der Waals surface area contributed by atoms with Crippen LogP contribution in [0.2, 0.25) is 0 Å². The van der Waals surface area contributed by atoms with Gasteiger partial charge in [-0.3, -0.25) is 14.4 Å². The van der Waals surface area contributed by atoms with E-state index in [1.807, 2.05) is 47.2 Å². The molecule has 0 unspecified atom stereocenters. The van der Waals surface area contributed by atoms with Gasteiger partial charge in [-0.1, -0.05) is 78.9 Å². The van der Waals surface area contributed by atoms with Crippen molar-refractivity contribution in [1.82, 2.24) is 19.4 Å². The Morgan fingerprint density at radius 1 is 0.482 bits per heavy atom. The molecule has 0 aliphatic carbocycles. The Bertz CT molecular complexity index is 3660. The van der Waals surface area contributed by atoms with Crippen molar-refractivity contribution >= 4 is 113 Å². The van der Waals surface area contributed by atoms with Gasteiger partial charge in [0.15, 0.2) is 5.58 Å². The first-order valence-corrected chi connectivity index (χ1v) is 20.2. The van der Waals surface area contributed by atoms with Gasteiger partial charge >= 0.3 is 0 Å². The van der Waals surface area contributed by atoms with Gasteiger partial charge in [0.1, 0.15) is 16.7 Å². The van der Waals surface area contributed by atoms with Gasteiger partial charge < -0.3 is 4.42 Å². The second kappa shape index (κ2) is 11.3. The lowest BCUT2D eigenvalue weighted by molar-refractivity contribution is 0.672. The zero-order valence-corrected chi connectivity index (χ0v) is 31.2. The van der Waals surface area contributed by atoms with E-state index in [-0.39, 0.29) is 0 Å². The molecule has 0 saturated carbocycles. The summed E-state index contributed by atoms with van der Waals surface area (Å²) in [5.41, 5.74) is 14.8. The number of furan rings is 1. The zero-order chi connectivity index (χ0) is 36.5. The third-order valence-corrected chi connectivity index (χ3v) is 13.6. The molecule has 7 heteroatoms. The summed E-state index contributed by atoms with van der Waals surface area (Å²) in [7, 11) is 0. The maximum atomic E-state index is 6.77. The largest absolute Gasteiger partial charge is 0.454 e. The topological polar surface area (TPSA) is 56.2 Å². The molecule has 56 heavy (non-hydrogen) atoms. The summed E-state index contributed by atoms with van der Waals surface area (Å²) in [5.74, 6) is 0. The van der Waals surface area contributed by atoms with Crippen molar-refractivity contribution < 1.29 is 4.42 Å². The quantitative estimate of drug-likeness (QED) is 0.180. The number of nitrogens with zero attached hydrogens (tertiary/aromatic N) is 4. The van der Waals surface area contributed by atoms with Gasteiger partial charge in [-0.05, 0) is 100 Å². The van der Waals surface area contributed by atoms with E-state index in [1.165, 1.54) is 40.7 Å². The molecule has 0 aliphatic heterocycles. The fourth-order valence-corrected chi connectivity index (χ4v) is 11.2. The molecule has 0 spiro atoms. The highest BCUT2D eigenvalue weighted by Crippen LogP contribution is 2.45. The minimum absolute atomic E-state index is 0.848. The molecule has 7 aromatic heterocycles. The second-order valence-electron chi connectivity index (χ2n) is 14.4. The van der Waals surface area contributed by atoms with Crippen LogP contribution >= 0.6 is 22.7 Å². The molecular weight excluding hydrogens is 725 g/mol. The highest BCUT2D eigenvalue weighted by molar-refractivity contribution is 7.26. The van der Waals surface area contributed by atoms with E-state index in [1.54, 1.807) is 0 Å². The van der Waals surface area contributed by atoms with Gasteiger partial charge in [-0.15, -0.1) is 22.7 Å². The number of para-hydroxylation sites is 2. The molecule has 260 valence electrons. The number of thiophene rings is 2. The van der Waals surface area contributed by atoms with Gasteiger partial charge in [0.25, 0.3) is 0 Å². The molecule has 0 atom stereocenters. The van der Waals surface area contributed by atoms with Crippen LogP contribution < -0.4 is 0 Å². The number of aromatic nitrogens is 4. The summed E-state index contributed by atoms with van der Waals surface area (Å²) < 4.78 is 13.9. The smallest absolute Gasteiger partial charge is 0.160 e. The molecule has 7 heterocycles. The maximum Gasteiger partial charge on any atom is 0.160 e. The number of benzene rings is 6. The Labute approximate surface area is 326 Å². The van der Waals surface area contributed by atoms with E-state index in [2.05, 4.69) is 138 Å². The Morgan fingerprint density at radius 3 is 1.82 bits per heavy atom. The van der Waals surface area contributed by atoms with Crippen LogP contribution in [0, 0.1) is 0 Å². The number of hydrogen-bond acceptors (Lipinski definition) is 6. The van der Waals surface area contributed by atoms with Crippen LogP contribution in [0.4, 0.5) is 0 Å². The number of rotatable bonds is 3. The standard InChI is InChI=1S/C49H26N4OS2/c1-2-10-34-33(9-1)46-45(53-39-16-4-3-15-38(39)52-49(34)53)37-26-27(19-20-40(37)54-46)28-23-29(31-11-5-13-35-43-41(55-47(31)35)17-7-21-50-43)25-30(24-28)32-12-6-14-36-44-42(56-48(32)36)18-8-22-51-44/h1-26H. The van der Waals surface area contributed by atoms with Crippen molar-refractivity contribution in [3.05, 3.63) is 158 Å². The molecule has 0 fully saturated rings. The first kappa shape index (κ1) is 30.4.